The number of esters is 1. The maximum atomic E-state index is 11.2. The molecule has 26 heavy (non-hydrogen) atoms. The zero-order valence-corrected chi connectivity index (χ0v) is 16.0. The Hall–Kier alpha value is -2.75. The normalized spacial score (nSPS) is 12.0. The molecule has 0 amide bonds. The van der Waals surface area contributed by atoms with Gasteiger partial charge >= 0.3 is 5.97 Å². The van der Waals surface area contributed by atoms with Crippen LogP contribution in [0.15, 0.2) is 36.4 Å². The van der Waals surface area contributed by atoms with Gasteiger partial charge in [0.05, 0.1) is 20.8 Å². The first-order valence-corrected chi connectivity index (χ1v) is 8.59. The Morgan fingerprint density at radius 3 is 2.35 bits per heavy atom. The Kier molecular flexibility index (Phi) is 6.84. The van der Waals surface area contributed by atoms with Crippen LogP contribution in [0.1, 0.15) is 42.0 Å². The molecule has 0 fully saturated rings. The van der Waals surface area contributed by atoms with Crippen LogP contribution in [0, 0.1) is 6.92 Å². The van der Waals surface area contributed by atoms with E-state index in [-0.39, 0.29) is 18.5 Å². The lowest BCUT2D eigenvalue weighted by molar-refractivity contribution is -0.141. The van der Waals surface area contributed by atoms with Crippen molar-refractivity contribution in [3.63, 3.8) is 0 Å². The number of hydrogen-bond acceptors (Lipinski definition) is 4. The van der Waals surface area contributed by atoms with E-state index < -0.39 is 0 Å². The molecule has 0 aromatic heterocycles. The standard InChI is InChI=1S/C22H26O4/c1-15-8-6-7-9-18(15)10-11-19-12-13-20(24-4)21(22(19)25-5)16(2)14-26-17(3)23/h6-13,16H,14H2,1-5H3/b11-10+. The summed E-state index contributed by atoms with van der Waals surface area (Å²) in [6.45, 7) is 5.74. The molecule has 1 unspecified atom stereocenters. The molecule has 2 aromatic rings. The molecule has 0 aliphatic carbocycles. The van der Waals surface area contributed by atoms with Gasteiger partial charge in [-0.3, -0.25) is 4.79 Å². The average Bonchev–Trinajstić information content (AvgIpc) is 2.64. The lowest BCUT2D eigenvalue weighted by Gasteiger charge is -2.20. The minimum Gasteiger partial charge on any atom is -0.496 e. The lowest BCUT2D eigenvalue weighted by Crippen LogP contribution is -2.11. The summed E-state index contributed by atoms with van der Waals surface area (Å²) in [6.07, 6.45) is 4.10. The van der Waals surface area contributed by atoms with Crippen molar-refractivity contribution in [2.24, 2.45) is 0 Å². The van der Waals surface area contributed by atoms with Gasteiger partial charge in [0.1, 0.15) is 11.5 Å². The zero-order chi connectivity index (χ0) is 19.1. The number of hydrogen-bond donors (Lipinski definition) is 0. The first-order valence-electron chi connectivity index (χ1n) is 8.59. The number of rotatable bonds is 7. The Balaban J connectivity index is 2.43. The van der Waals surface area contributed by atoms with Crippen LogP contribution < -0.4 is 9.47 Å². The molecular weight excluding hydrogens is 328 g/mol. The molecule has 0 spiro atoms. The molecule has 0 aliphatic rings. The van der Waals surface area contributed by atoms with Gasteiger partial charge in [-0.1, -0.05) is 43.3 Å². The highest BCUT2D eigenvalue weighted by molar-refractivity contribution is 5.75. The predicted octanol–water partition coefficient (Wildman–Crippen LogP) is 4.85. The summed E-state index contributed by atoms with van der Waals surface area (Å²) in [5.74, 6) is 1.09. The molecule has 4 heteroatoms. The van der Waals surface area contributed by atoms with E-state index in [1.165, 1.54) is 12.5 Å². The molecule has 0 bridgehead atoms. The SMILES string of the molecule is COc1ccc(/C=C/c2ccccc2C)c(OC)c1C(C)COC(C)=O. The summed E-state index contributed by atoms with van der Waals surface area (Å²) in [6, 6.07) is 12.1. The largest absolute Gasteiger partial charge is 0.496 e. The highest BCUT2D eigenvalue weighted by Gasteiger charge is 2.20. The maximum Gasteiger partial charge on any atom is 0.302 e. The number of carbonyl (C=O) groups excluding carboxylic acids is 1. The highest BCUT2D eigenvalue weighted by atomic mass is 16.5. The fourth-order valence-electron chi connectivity index (χ4n) is 2.88. The molecule has 0 heterocycles. The zero-order valence-electron chi connectivity index (χ0n) is 16.0. The molecule has 0 saturated heterocycles. The van der Waals surface area contributed by atoms with Crippen molar-refractivity contribution >= 4 is 18.1 Å². The van der Waals surface area contributed by atoms with Gasteiger partial charge in [0.2, 0.25) is 0 Å². The van der Waals surface area contributed by atoms with Crippen LogP contribution in [-0.4, -0.2) is 26.8 Å². The van der Waals surface area contributed by atoms with Gasteiger partial charge in [-0.05, 0) is 30.2 Å². The first kappa shape index (κ1) is 19.6. The first-order chi connectivity index (χ1) is 12.5. The van der Waals surface area contributed by atoms with Crippen molar-refractivity contribution < 1.29 is 19.0 Å². The summed E-state index contributed by atoms with van der Waals surface area (Å²) in [5, 5.41) is 0. The van der Waals surface area contributed by atoms with Crippen molar-refractivity contribution in [3.8, 4) is 11.5 Å². The molecule has 0 aliphatic heterocycles. The van der Waals surface area contributed by atoms with Crippen LogP contribution >= 0.6 is 0 Å². The molecule has 1 atom stereocenters. The molecular formula is C22H26O4. The summed E-state index contributed by atoms with van der Waals surface area (Å²) < 4.78 is 16.4. The highest BCUT2D eigenvalue weighted by Crippen LogP contribution is 2.39. The number of aryl methyl sites for hydroxylation is 1. The molecule has 4 nitrogen and oxygen atoms in total. The average molecular weight is 354 g/mol. The second kappa shape index (κ2) is 9.09. The van der Waals surface area contributed by atoms with Gasteiger partial charge in [-0.2, -0.15) is 0 Å². The quantitative estimate of drug-likeness (QED) is 0.527. The van der Waals surface area contributed by atoms with Crippen molar-refractivity contribution in [1.29, 1.82) is 0 Å². The van der Waals surface area contributed by atoms with Gasteiger partial charge < -0.3 is 14.2 Å². The van der Waals surface area contributed by atoms with Crippen LogP contribution in [0.25, 0.3) is 12.2 Å². The number of ether oxygens (including phenoxy) is 3. The summed E-state index contributed by atoms with van der Waals surface area (Å²) >= 11 is 0. The van der Waals surface area contributed by atoms with E-state index >= 15 is 0 Å². The summed E-state index contributed by atoms with van der Waals surface area (Å²) in [5.41, 5.74) is 4.20. The maximum absolute atomic E-state index is 11.2. The van der Waals surface area contributed by atoms with Gasteiger partial charge in [0, 0.05) is 24.0 Å². The fraction of sp³-hybridized carbons (Fsp3) is 0.318. The van der Waals surface area contributed by atoms with E-state index in [9.17, 15) is 4.79 Å². The van der Waals surface area contributed by atoms with E-state index in [0.717, 1.165) is 28.2 Å². The lowest BCUT2D eigenvalue weighted by atomic mass is 9.96. The topological polar surface area (TPSA) is 44.8 Å². The second-order valence-corrected chi connectivity index (χ2v) is 6.20. The Morgan fingerprint density at radius 2 is 1.73 bits per heavy atom. The molecule has 2 aromatic carbocycles. The van der Waals surface area contributed by atoms with E-state index in [2.05, 4.69) is 25.1 Å². The third-order valence-electron chi connectivity index (χ3n) is 4.27. The van der Waals surface area contributed by atoms with Crippen LogP contribution in [0.4, 0.5) is 0 Å². The predicted molar refractivity (Wildman–Crippen MR) is 105 cm³/mol. The molecule has 0 N–H and O–H groups in total. The van der Waals surface area contributed by atoms with Crippen molar-refractivity contribution in [3.05, 3.63) is 58.7 Å². The van der Waals surface area contributed by atoms with Crippen LogP contribution in [0.2, 0.25) is 0 Å². The monoisotopic (exact) mass is 354 g/mol. The number of carbonyl (C=O) groups is 1. The summed E-state index contributed by atoms with van der Waals surface area (Å²) in [7, 11) is 3.27. The minimum atomic E-state index is -0.301. The third kappa shape index (κ3) is 4.66. The third-order valence-corrected chi connectivity index (χ3v) is 4.27. The minimum absolute atomic E-state index is 0.0596. The van der Waals surface area contributed by atoms with Gasteiger partial charge in [0.25, 0.3) is 0 Å². The Morgan fingerprint density at radius 1 is 1.04 bits per heavy atom. The fourth-order valence-corrected chi connectivity index (χ4v) is 2.88. The van der Waals surface area contributed by atoms with E-state index in [4.69, 9.17) is 14.2 Å². The molecule has 2 rings (SSSR count). The van der Waals surface area contributed by atoms with Crippen molar-refractivity contribution in [2.45, 2.75) is 26.7 Å². The Labute approximate surface area is 155 Å². The number of benzene rings is 2. The van der Waals surface area contributed by atoms with Gasteiger partial charge in [-0.15, -0.1) is 0 Å². The summed E-state index contributed by atoms with van der Waals surface area (Å²) in [4.78, 5) is 11.2. The van der Waals surface area contributed by atoms with Gasteiger partial charge in [0.15, 0.2) is 0 Å². The van der Waals surface area contributed by atoms with Gasteiger partial charge in [-0.25, -0.2) is 0 Å². The van der Waals surface area contributed by atoms with Crippen LogP contribution in [0.3, 0.4) is 0 Å². The Bertz CT molecular complexity index is 793. The van der Waals surface area contributed by atoms with Crippen LogP contribution in [0.5, 0.6) is 11.5 Å². The molecule has 138 valence electrons. The van der Waals surface area contributed by atoms with Crippen LogP contribution in [-0.2, 0) is 9.53 Å². The smallest absolute Gasteiger partial charge is 0.302 e. The molecule has 0 radical (unpaired) electrons. The molecule has 0 saturated carbocycles. The number of methoxy groups -OCH3 is 2. The van der Waals surface area contributed by atoms with E-state index in [0.29, 0.717) is 0 Å². The van der Waals surface area contributed by atoms with Crippen molar-refractivity contribution in [1.82, 2.24) is 0 Å². The second-order valence-electron chi connectivity index (χ2n) is 6.20. The van der Waals surface area contributed by atoms with Crippen molar-refractivity contribution in [2.75, 3.05) is 20.8 Å². The van der Waals surface area contributed by atoms with E-state index in [1.807, 2.05) is 37.3 Å². The van der Waals surface area contributed by atoms with E-state index in [1.54, 1.807) is 14.2 Å².